The first kappa shape index (κ1) is 38.2. The zero-order valence-electron chi connectivity index (χ0n) is 25.1. The fourth-order valence-corrected chi connectivity index (χ4v) is 6.50. The van der Waals surface area contributed by atoms with Gasteiger partial charge >= 0.3 is 5.97 Å². The maximum Gasteiger partial charge on any atom is 0.305 e. The van der Waals surface area contributed by atoms with Crippen molar-refractivity contribution < 1.29 is 43.3 Å². The van der Waals surface area contributed by atoms with Crippen LogP contribution in [0, 0.1) is 0 Å². The number of carbonyl (C=O) groups is 1. The predicted octanol–water partition coefficient (Wildman–Crippen LogP) is 5.01. The molecule has 0 amide bonds. The highest BCUT2D eigenvalue weighted by Gasteiger charge is 2.37. The van der Waals surface area contributed by atoms with E-state index in [9.17, 15) is 19.4 Å². The molecule has 2 unspecified atom stereocenters. The SMILES string of the molecule is CCCCCCCCCCC/C=C\CCCCC(=O)OC[C@@H](O)COP(=O)([O-])C(CC)[N+](C)(C)CCC(O)O. The van der Waals surface area contributed by atoms with Gasteiger partial charge in [-0.1, -0.05) is 77.4 Å². The number of esters is 1. The van der Waals surface area contributed by atoms with Crippen LogP contribution in [0.5, 0.6) is 0 Å². The smallest absolute Gasteiger partial charge is 0.305 e. The molecule has 232 valence electrons. The minimum absolute atomic E-state index is 0.00553. The summed E-state index contributed by atoms with van der Waals surface area (Å²) >= 11 is 0. The lowest BCUT2D eigenvalue weighted by Gasteiger charge is -2.43. The van der Waals surface area contributed by atoms with Crippen molar-refractivity contribution in [2.45, 2.75) is 135 Å². The molecule has 0 aromatic rings. The summed E-state index contributed by atoms with van der Waals surface area (Å²) in [6.45, 7) is 3.34. The summed E-state index contributed by atoms with van der Waals surface area (Å²) in [7, 11) is -1.03. The van der Waals surface area contributed by atoms with Crippen LogP contribution in [0.3, 0.4) is 0 Å². The Morgan fingerprint density at radius 1 is 0.872 bits per heavy atom. The van der Waals surface area contributed by atoms with Crippen LogP contribution in [0.4, 0.5) is 0 Å². The monoisotopic (exact) mass is 579 g/mol. The summed E-state index contributed by atoms with van der Waals surface area (Å²) in [6, 6.07) is 0. The minimum Gasteiger partial charge on any atom is -0.774 e. The number of allylic oxidation sites excluding steroid dienone is 2. The zero-order chi connectivity index (χ0) is 29.6. The Balaban J connectivity index is 3.97. The van der Waals surface area contributed by atoms with E-state index in [-0.39, 0.29) is 36.9 Å². The van der Waals surface area contributed by atoms with Crippen molar-refractivity contribution in [2.24, 2.45) is 0 Å². The van der Waals surface area contributed by atoms with Gasteiger partial charge in [0.05, 0.1) is 27.2 Å². The van der Waals surface area contributed by atoms with Gasteiger partial charge in [-0.05, 0) is 32.1 Å². The van der Waals surface area contributed by atoms with Crippen LogP contribution < -0.4 is 4.89 Å². The van der Waals surface area contributed by atoms with Crippen LogP contribution in [0.2, 0.25) is 0 Å². The molecule has 10 heteroatoms. The van der Waals surface area contributed by atoms with Crippen LogP contribution >= 0.6 is 7.60 Å². The van der Waals surface area contributed by atoms with Crippen LogP contribution in [0.15, 0.2) is 12.2 Å². The first-order chi connectivity index (χ1) is 18.5. The fourth-order valence-electron chi connectivity index (χ4n) is 4.62. The number of unbranched alkanes of at least 4 members (excludes halogenated alkanes) is 11. The van der Waals surface area contributed by atoms with Crippen molar-refractivity contribution in [3.05, 3.63) is 12.2 Å². The summed E-state index contributed by atoms with van der Waals surface area (Å²) in [5.41, 5.74) is 0. The lowest BCUT2D eigenvalue weighted by molar-refractivity contribution is -0.904. The molecular weight excluding hydrogens is 521 g/mol. The minimum atomic E-state index is -4.38. The van der Waals surface area contributed by atoms with Gasteiger partial charge in [0, 0.05) is 19.3 Å². The molecule has 0 saturated heterocycles. The molecule has 3 atom stereocenters. The Hall–Kier alpha value is -0.800. The second-order valence-electron chi connectivity index (χ2n) is 11.2. The predicted molar refractivity (Wildman–Crippen MR) is 154 cm³/mol. The molecule has 3 N–H and O–H groups in total. The van der Waals surface area contributed by atoms with Crippen molar-refractivity contribution in [2.75, 3.05) is 33.9 Å². The molecule has 0 bridgehead atoms. The molecule has 0 aliphatic rings. The molecule has 0 fully saturated rings. The maximum atomic E-state index is 12.7. The van der Waals surface area contributed by atoms with E-state index >= 15 is 0 Å². The summed E-state index contributed by atoms with van der Waals surface area (Å²) in [6.07, 6.45) is 17.7. The third kappa shape index (κ3) is 20.7. The summed E-state index contributed by atoms with van der Waals surface area (Å²) < 4.78 is 22.8. The van der Waals surface area contributed by atoms with E-state index in [4.69, 9.17) is 19.5 Å². The molecule has 9 nitrogen and oxygen atoms in total. The number of aliphatic hydroxyl groups is 3. The van der Waals surface area contributed by atoms with Gasteiger partial charge in [-0.3, -0.25) is 4.79 Å². The number of hydrogen-bond acceptors (Lipinski definition) is 8. The molecule has 39 heavy (non-hydrogen) atoms. The number of ether oxygens (including phenoxy) is 1. The second-order valence-corrected chi connectivity index (χ2v) is 13.1. The number of nitrogens with zero attached hydrogens (tertiary/aromatic N) is 1. The third-order valence-corrected chi connectivity index (χ3v) is 9.26. The Bertz CT molecular complexity index is 686. The molecule has 0 heterocycles. The Morgan fingerprint density at radius 3 is 1.95 bits per heavy atom. The van der Waals surface area contributed by atoms with E-state index in [0.29, 0.717) is 6.42 Å². The molecule has 0 aromatic carbocycles. The summed E-state index contributed by atoms with van der Waals surface area (Å²) in [5.74, 6) is -1.34. The van der Waals surface area contributed by atoms with Crippen molar-refractivity contribution in [3.63, 3.8) is 0 Å². The number of carbonyl (C=O) groups excluding carboxylic acids is 1. The van der Waals surface area contributed by atoms with Crippen molar-refractivity contribution in [1.29, 1.82) is 0 Å². The van der Waals surface area contributed by atoms with Crippen molar-refractivity contribution in [3.8, 4) is 0 Å². The van der Waals surface area contributed by atoms with Crippen molar-refractivity contribution in [1.82, 2.24) is 0 Å². The van der Waals surface area contributed by atoms with Crippen LogP contribution in [-0.4, -0.2) is 77.8 Å². The zero-order valence-corrected chi connectivity index (χ0v) is 26.0. The van der Waals surface area contributed by atoms with Crippen LogP contribution in [0.25, 0.3) is 0 Å². The molecule has 0 spiro atoms. The summed E-state index contributed by atoms with van der Waals surface area (Å²) in [4.78, 5) is 24.6. The highest BCUT2D eigenvalue weighted by Crippen LogP contribution is 2.48. The summed E-state index contributed by atoms with van der Waals surface area (Å²) in [5, 5.41) is 28.3. The third-order valence-electron chi connectivity index (χ3n) is 7.03. The number of quaternary nitrogens is 1. The van der Waals surface area contributed by atoms with E-state index in [0.717, 1.165) is 19.3 Å². The molecule has 0 radical (unpaired) electrons. The Labute approximate surface area is 237 Å². The normalized spacial score (nSPS) is 15.5. The average molecular weight is 580 g/mol. The van der Waals surface area contributed by atoms with Gasteiger partial charge in [0.2, 0.25) is 0 Å². The standard InChI is InChI=1S/C29H58NO8P/c1-5-7-8-9-10-11-12-13-14-15-16-17-18-19-20-21-29(34)37-24-26(31)25-38-39(35,36)27(6-2)30(3,4)23-22-28(32)33/h16-17,26-28,31-33H,5-15,18-25H2,1-4H3/b17-16-/t26-,27?/m1/s1. The quantitative estimate of drug-likeness (QED) is 0.0325. The van der Waals surface area contributed by atoms with E-state index in [1.165, 1.54) is 57.8 Å². The van der Waals surface area contributed by atoms with Gasteiger partial charge in [-0.25, -0.2) is 0 Å². The first-order valence-corrected chi connectivity index (χ1v) is 16.7. The number of aliphatic hydroxyl groups excluding tert-OH is 2. The van der Waals surface area contributed by atoms with Crippen molar-refractivity contribution >= 4 is 13.6 Å². The number of hydrogen-bond donors (Lipinski definition) is 3. The molecular formula is C29H58NO8P. The van der Waals surface area contributed by atoms with Gasteiger partial charge in [-0.15, -0.1) is 0 Å². The topological polar surface area (TPSA) is 136 Å². The van der Waals surface area contributed by atoms with Crippen LogP contribution in [-0.2, 0) is 18.6 Å². The molecule has 0 rings (SSSR count). The highest BCUT2D eigenvalue weighted by molar-refractivity contribution is 7.51. The van der Waals surface area contributed by atoms with Gasteiger partial charge in [-0.2, -0.15) is 0 Å². The van der Waals surface area contributed by atoms with E-state index in [1.807, 2.05) is 0 Å². The Kier molecular flexibility index (Phi) is 22.4. The molecule has 0 saturated carbocycles. The van der Waals surface area contributed by atoms with Crippen LogP contribution in [0.1, 0.15) is 117 Å². The van der Waals surface area contributed by atoms with Gasteiger partial charge in [0.25, 0.3) is 0 Å². The molecule has 0 aliphatic carbocycles. The number of rotatable bonds is 26. The lowest BCUT2D eigenvalue weighted by atomic mass is 10.1. The largest absolute Gasteiger partial charge is 0.774 e. The fraction of sp³-hybridized carbons (Fsp3) is 0.897. The van der Waals surface area contributed by atoms with Gasteiger partial charge < -0.3 is 38.5 Å². The average Bonchev–Trinajstić information content (AvgIpc) is 2.87. The maximum absolute atomic E-state index is 12.7. The van der Waals surface area contributed by atoms with E-state index in [1.54, 1.807) is 21.0 Å². The van der Waals surface area contributed by atoms with Gasteiger partial charge in [0.1, 0.15) is 12.7 Å². The van der Waals surface area contributed by atoms with E-state index < -0.39 is 38.3 Å². The molecule has 0 aliphatic heterocycles. The Morgan fingerprint density at radius 2 is 1.41 bits per heavy atom. The van der Waals surface area contributed by atoms with E-state index in [2.05, 4.69) is 19.1 Å². The lowest BCUT2D eigenvalue weighted by Crippen LogP contribution is -2.51. The second kappa shape index (κ2) is 22.8. The highest BCUT2D eigenvalue weighted by atomic mass is 31.2. The first-order valence-electron chi connectivity index (χ1n) is 15.1. The van der Waals surface area contributed by atoms with Gasteiger partial charge in [0.15, 0.2) is 19.7 Å². The molecule has 0 aromatic heterocycles.